The van der Waals surface area contributed by atoms with Crippen LogP contribution in [-0.2, 0) is 0 Å². The molecule has 0 spiro atoms. The minimum atomic E-state index is 0. The Morgan fingerprint density at radius 1 is 0.429 bits per heavy atom. The van der Waals surface area contributed by atoms with Gasteiger partial charge >= 0.3 is 82.2 Å². The maximum absolute atomic E-state index is 0. The van der Waals surface area contributed by atoms with Crippen LogP contribution in [0.15, 0.2) is 0 Å². The van der Waals surface area contributed by atoms with E-state index in [9.17, 15) is 0 Å². The molecule has 4 nitrogen and oxygen atoms in total. The van der Waals surface area contributed by atoms with Gasteiger partial charge in [-0.15, -0.1) is 0 Å². The molecule has 0 heterocycles. The van der Waals surface area contributed by atoms with Crippen LogP contribution in [0.5, 0.6) is 0 Å². The first-order valence-electron chi connectivity index (χ1n) is 0. The van der Waals surface area contributed by atoms with Crippen molar-refractivity contribution in [2.24, 2.45) is 0 Å². The molecule has 7 heteroatoms. The number of rotatable bonds is 0. The second-order valence-electron chi connectivity index (χ2n) is 0. The summed E-state index contributed by atoms with van der Waals surface area (Å²) in [5.41, 5.74) is 0. The van der Waals surface area contributed by atoms with Crippen molar-refractivity contribution in [1.29, 1.82) is 0 Å². The molecular weight excluding hydrogens is 134 g/mol. The fraction of sp³-hybridized carbons (Fsp3) is 0. The predicted molar refractivity (Wildman–Crippen MR) is 37.3 cm³/mol. The zero-order chi connectivity index (χ0) is 0. The molecule has 0 aliphatic rings. The molecular formula is H12MgNa2O4. The van der Waals surface area contributed by atoms with Crippen LogP contribution < -0.4 is 0 Å². The molecule has 0 aliphatic carbocycles. The Hall–Kier alpha value is 2.61. The van der Waals surface area contributed by atoms with Crippen molar-refractivity contribution in [3.8, 4) is 0 Å². The van der Waals surface area contributed by atoms with Crippen LogP contribution in [0.4, 0.5) is 0 Å². The first kappa shape index (κ1) is 105. The van der Waals surface area contributed by atoms with E-state index in [0.29, 0.717) is 0 Å². The monoisotopic (exact) mass is 146 g/mol. The Bertz CT molecular complexity index is 9.65. The van der Waals surface area contributed by atoms with Crippen LogP contribution in [0.3, 0.4) is 0 Å². The summed E-state index contributed by atoms with van der Waals surface area (Å²) in [5, 5.41) is 0. The van der Waals surface area contributed by atoms with Crippen molar-refractivity contribution in [3.63, 3.8) is 0 Å². The van der Waals surface area contributed by atoms with Gasteiger partial charge in [0.05, 0.1) is 0 Å². The van der Waals surface area contributed by atoms with Crippen molar-refractivity contribution in [3.05, 3.63) is 0 Å². The normalized spacial score (nSPS) is 0. The molecule has 7 heavy (non-hydrogen) atoms. The first-order valence-corrected chi connectivity index (χ1v) is 0. The van der Waals surface area contributed by atoms with E-state index < -0.39 is 0 Å². The molecule has 40 valence electrons. The molecule has 0 atom stereocenters. The van der Waals surface area contributed by atoms with E-state index in [1.165, 1.54) is 0 Å². The summed E-state index contributed by atoms with van der Waals surface area (Å²) >= 11 is 0. The van der Waals surface area contributed by atoms with E-state index in [-0.39, 0.29) is 104 Å². The molecule has 0 unspecified atom stereocenters. The number of hydrogen-bond donors (Lipinski definition) is 0. The first-order chi connectivity index (χ1) is 0. The second-order valence-corrected chi connectivity index (χ2v) is 0. The Balaban J connectivity index is 0. The van der Waals surface area contributed by atoms with Crippen LogP contribution >= 0.6 is 0 Å². The van der Waals surface area contributed by atoms with Crippen LogP contribution in [0.2, 0.25) is 0 Å². The van der Waals surface area contributed by atoms with Crippen molar-refractivity contribution in [1.82, 2.24) is 0 Å². The summed E-state index contributed by atoms with van der Waals surface area (Å²) in [7, 11) is 0. The Labute approximate surface area is 102 Å². The average Bonchev–Trinajstić information content (AvgIpc) is 0. The summed E-state index contributed by atoms with van der Waals surface area (Å²) in [6.07, 6.45) is 0. The molecule has 8 N–H and O–H groups in total. The van der Waals surface area contributed by atoms with E-state index in [0.717, 1.165) is 0 Å². The molecule has 0 aromatic heterocycles. The Morgan fingerprint density at radius 2 is 0.429 bits per heavy atom. The van der Waals surface area contributed by atoms with Gasteiger partial charge in [-0.05, 0) is 0 Å². The molecule has 0 aromatic carbocycles. The van der Waals surface area contributed by atoms with Crippen molar-refractivity contribution < 1.29 is 21.9 Å². The fourth-order valence-corrected chi connectivity index (χ4v) is 0. The van der Waals surface area contributed by atoms with Gasteiger partial charge in [0.2, 0.25) is 0 Å². The van der Waals surface area contributed by atoms with Gasteiger partial charge in [0.15, 0.2) is 0 Å². The molecule has 0 aromatic rings. The fourth-order valence-electron chi connectivity index (χ4n) is 0. The SMILES string of the molecule is O.O.O.O.[MgH2].[NaH].[NaH]. The topological polar surface area (TPSA) is 126 Å². The van der Waals surface area contributed by atoms with Crippen LogP contribution in [-0.4, -0.2) is 104 Å². The molecule has 0 bridgehead atoms. The predicted octanol–water partition coefficient (Wildman–Crippen LogP) is -5.51. The van der Waals surface area contributed by atoms with E-state index in [2.05, 4.69) is 0 Å². The third-order valence-electron chi connectivity index (χ3n) is 0. The summed E-state index contributed by atoms with van der Waals surface area (Å²) < 4.78 is 0. The minimum absolute atomic E-state index is 0. The summed E-state index contributed by atoms with van der Waals surface area (Å²) in [5.74, 6) is 0. The Morgan fingerprint density at radius 3 is 0.429 bits per heavy atom. The zero-order valence-electron chi connectivity index (χ0n) is 2.00. The molecule has 0 amide bonds. The van der Waals surface area contributed by atoms with Gasteiger partial charge in [0.25, 0.3) is 0 Å². The molecule has 0 saturated carbocycles. The molecule has 0 rings (SSSR count). The van der Waals surface area contributed by atoms with Crippen molar-refractivity contribution in [2.75, 3.05) is 0 Å². The van der Waals surface area contributed by atoms with Gasteiger partial charge in [0, 0.05) is 0 Å². The molecule has 0 saturated heterocycles. The quantitative estimate of drug-likeness (QED) is 0.302. The Kier molecular flexibility index (Phi) is 1100. The average molecular weight is 146 g/mol. The summed E-state index contributed by atoms with van der Waals surface area (Å²) in [6.45, 7) is 0. The van der Waals surface area contributed by atoms with E-state index in [1.54, 1.807) is 0 Å². The van der Waals surface area contributed by atoms with Crippen LogP contribution in [0, 0.1) is 0 Å². The number of hydrogen-bond acceptors (Lipinski definition) is 0. The maximum atomic E-state index is 0. The van der Waals surface area contributed by atoms with E-state index in [1.807, 2.05) is 0 Å². The van der Waals surface area contributed by atoms with Gasteiger partial charge in [-0.1, -0.05) is 0 Å². The van der Waals surface area contributed by atoms with Crippen LogP contribution in [0.25, 0.3) is 0 Å². The van der Waals surface area contributed by atoms with Crippen molar-refractivity contribution in [2.45, 2.75) is 0 Å². The zero-order valence-corrected chi connectivity index (χ0v) is 2.00. The summed E-state index contributed by atoms with van der Waals surface area (Å²) in [4.78, 5) is 0. The third kappa shape index (κ3) is 55.3. The van der Waals surface area contributed by atoms with Gasteiger partial charge in [-0.25, -0.2) is 0 Å². The van der Waals surface area contributed by atoms with Crippen molar-refractivity contribution >= 4 is 82.2 Å². The molecule has 0 radical (unpaired) electrons. The second kappa shape index (κ2) is 73.3. The third-order valence-corrected chi connectivity index (χ3v) is 0. The van der Waals surface area contributed by atoms with E-state index >= 15 is 0 Å². The standard InChI is InChI=1S/Mg.2Na.4H2O.4H/h;;;4*1H2;;;;. The van der Waals surface area contributed by atoms with Gasteiger partial charge in [-0.2, -0.15) is 0 Å². The van der Waals surface area contributed by atoms with E-state index in [4.69, 9.17) is 0 Å². The molecule has 0 fully saturated rings. The van der Waals surface area contributed by atoms with Gasteiger partial charge < -0.3 is 21.9 Å². The summed E-state index contributed by atoms with van der Waals surface area (Å²) in [6, 6.07) is 0. The molecule has 0 aliphatic heterocycles. The van der Waals surface area contributed by atoms with Gasteiger partial charge in [-0.3, -0.25) is 0 Å². The van der Waals surface area contributed by atoms with Gasteiger partial charge in [0.1, 0.15) is 0 Å². The van der Waals surface area contributed by atoms with Crippen LogP contribution in [0.1, 0.15) is 0 Å².